The highest BCUT2D eigenvalue weighted by Crippen LogP contribution is 2.22. The van der Waals surface area contributed by atoms with Crippen LogP contribution in [0, 0.1) is 6.92 Å². The van der Waals surface area contributed by atoms with Gasteiger partial charge in [0.25, 0.3) is 5.91 Å². The highest BCUT2D eigenvalue weighted by atomic mass is 35.5. The van der Waals surface area contributed by atoms with Crippen LogP contribution in [-0.4, -0.2) is 22.0 Å². The van der Waals surface area contributed by atoms with E-state index in [-0.39, 0.29) is 18.2 Å². The highest BCUT2D eigenvalue weighted by Gasteiger charge is 2.30. The average molecular weight is 427 g/mol. The molecule has 0 aliphatic heterocycles. The van der Waals surface area contributed by atoms with E-state index in [4.69, 9.17) is 16.1 Å². The molecule has 3 rings (SSSR count). The zero-order valence-electron chi connectivity index (χ0n) is 17.0. The number of amides is 2. The smallest absolute Gasteiger partial charge is 0.253 e. The maximum absolute atomic E-state index is 12.8. The number of hydrogen-bond acceptors (Lipinski definition) is 5. The molecule has 2 N–H and O–H groups in total. The molecular formula is C22H23ClN4O3. The zero-order valence-corrected chi connectivity index (χ0v) is 17.7. The van der Waals surface area contributed by atoms with Gasteiger partial charge in [0, 0.05) is 6.92 Å². The van der Waals surface area contributed by atoms with E-state index < -0.39 is 11.6 Å². The van der Waals surface area contributed by atoms with Crippen molar-refractivity contribution in [1.82, 2.24) is 20.8 Å². The molecule has 1 heterocycles. The number of benzene rings is 2. The predicted molar refractivity (Wildman–Crippen MR) is 113 cm³/mol. The van der Waals surface area contributed by atoms with Crippen molar-refractivity contribution in [3.63, 3.8) is 0 Å². The van der Waals surface area contributed by atoms with Gasteiger partial charge in [0.05, 0.1) is 28.6 Å². The Balaban J connectivity index is 1.77. The van der Waals surface area contributed by atoms with Crippen LogP contribution in [0.3, 0.4) is 0 Å². The summed E-state index contributed by atoms with van der Waals surface area (Å²) in [6, 6.07) is 15.5. The number of aryl methyl sites for hydroxylation is 1. The first kappa shape index (κ1) is 21.5. The van der Waals surface area contributed by atoms with E-state index in [1.165, 1.54) is 0 Å². The quantitative estimate of drug-likeness (QED) is 0.596. The van der Waals surface area contributed by atoms with E-state index >= 15 is 0 Å². The van der Waals surface area contributed by atoms with E-state index in [1.54, 1.807) is 45.0 Å². The minimum absolute atomic E-state index is 0.0282. The molecule has 2 amide bonds. The fraction of sp³-hybridized carbons (Fsp3) is 0.273. The molecule has 0 saturated carbocycles. The van der Waals surface area contributed by atoms with Crippen molar-refractivity contribution in [2.24, 2.45) is 0 Å². The number of carbonyl (C=O) groups is 2. The summed E-state index contributed by atoms with van der Waals surface area (Å²) in [5.41, 5.74) is 0.326. The number of rotatable bonds is 7. The van der Waals surface area contributed by atoms with Crippen molar-refractivity contribution >= 4 is 23.4 Å². The monoisotopic (exact) mass is 426 g/mol. The Morgan fingerprint density at radius 1 is 1.10 bits per heavy atom. The van der Waals surface area contributed by atoms with Gasteiger partial charge in [-0.1, -0.05) is 59.2 Å². The Bertz CT molecular complexity index is 1030. The topological polar surface area (TPSA) is 97.1 Å². The molecule has 0 fully saturated rings. The van der Waals surface area contributed by atoms with Gasteiger partial charge >= 0.3 is 0 Å². The molecule has 0 aliphatic rings. The first-order valence-electron chi connectivity index (χ1n) is 9.48. The summed E-state index contributed by atoms with van der Waals surface area (Å²) in [6.07, 6.45) is 0.0282. The van der Waals surface area contributed by atoms with Gasteiger partial charge in [-0.3, -0.25) is 9.59 Å². The molecule has 7 nitrogen and oxygen atoms in total. The first-order chi connectivity index (χ1) is 14.3. The van der Waals surface area contributed by atoms with E-state index in [0.717, 1.165) is 5.56 Å². The van der Waals surface area contributed by atoms with Gasteiger partial charge in [0.15, 0.2) is 5.82 Å². The summed E-state index contributed by atoms with van der Waals surface area (Å²) >= 11 is 6.15. The lowest BCUT2D eigenvalue weighted by molar-refractivity contribution is -0.123. The van der Waals surface area contributed by atoms with E-state index in [0.29, 0.717) is 22.3 Å². The van der Waals surface area contributed by atoms with Crippen LogP contribution in [0.4, 0.5) is 0 Å². The molecule has 0 aliphatic carbocycles. The molecule has 0 radical (unpaired) electrons. The molecule has 0 bridgehead atoms. The van der Waals surface area contributed by atoms with Crippen LogP contribution in [0.15, 0.2) is 59.1 Å². The Hall–Kier alpha value is -3.19. The van der Waals surface area contributed by atoms with Crippen LogP contribution in [0.25, 0.3) is 0 Å². The van der Waals surface area contributed by atoms with E-state index in [9.17, 15) is 9.59 Å². The second-order valence-corrected chi connectivity index (χ2v) is 7.84. The lowest BCUT2D eigenvalue weighted by atomic mass is 10.00. The normalized spacial score (nSPS) is 12.3. The second-order valence-electron chi connectivity index (χ2n) is 7.43. The summed E-state index contributed by atoms with van der Waals surface area (Å²) in [5.74, 6) is 0.178. The fourth-order valence-corrected chi connectivity index (χ4v) is 3.23. The predicted octanol–water partition coefficient (Wildman–Crippen LogP) is 3.94. The summed E-state index contributed by atoms with van der Waals surface area (Å²) in [6.45, 7) is 5.26. The second kappa shape index (κ2) is 9.09. The number of carbonyl (C=O) groups excluding carboxylic acids is 2. The van der Waals surface area contributed by atoms with Crippen LogP contribution >= 0.6 is 11.6 Å². The molecule has 0 spiro atoms. The molecule has 1 atom stereocenters. The number of nitrogens with zero attached hydrogens (tertiary/aromatic N) is 2. The maximum atomic E-state index is 12.8. The Morgan fingerprint density at radius 3 is 2.40 bits per heavy atom. The third-order valence-electron chi connectivity index (χ3n) is 4.55. The van der Waals surface area contributed by atoms with Crippen molar-refractivity contribution in [3.8, 4) is 0 Å². The van der Waals surface area contributed by atoms with Crippen LogP contribution in [0.2, 0.25) is 5.02 Å². The van der Waals surface area contributed by atoms with Gasteiger partial charge in [-0.25, -0.2) is 0 Å². The SMILES string of the molecule is Cc1nc(C(C)(C)NC(=O)CC(NC(=O)c2ccccc2Cl)c2ccccc2)no1. The van der Waals surface area contributed by atoms with Crippen LogP contribution in [0.1, 0.15) is 53.9 Å². The molecule has 0 saturated heterocycles. The standard InChI is InChI=1S/C22H23ClN4O3/c1-14-24-21(27-30-14)22(2,3)26-19(28)13-18(15-9-5-4-6-10-15)25-20(29)16-11-7-8-12-17(16)23/h4-12,18H,13H2,1-3H3,(H,25,29)(H,26,28). The highest BCUT2D eigenvalue weighted by molar-refractivity contribution is 6.33. The molecule has 1 unspecified atom stereocenters. The van der Waals surface area contributed by atoms with Gasteiger partial charge < -0.3 is 15.2 Å². The fourth-order valence-electron chi connectivity index (χ4n) is 3.01. The van der Waals surface area contributed by atoms with Crippen LogP contribution in [0.5, 0.6) is 0 Å². The van der Waals surface area contributed by atoms with Crippen LogP contribution in [-0.2, 0) is 10.3 Å². The molecule has 156 valence electrons. The van der Waals surface area contributed by atoms with Gasteiger partial charge in [0.1, 0.15) is 0 Å². The van der Waals surface area contributed by atoms with Crippen molar-refractivity contribution in [2.45, 2.75) is 38.8 Å². The van der Waals surface area contributed by atoms with E-state index in [2.05, 4.69) is 20.8 Å². The van der Waals surface area contributed by atoms with Crippen molar-refractivity contribution in [2.75, 3.05) is 0 Å². The minimum Gasteiger partial charge on any atom is -0.345 e. The van der Waals surface area contributed by atoms with Crippen molar-refractivity contribution < 1.29 is 14.1 Å². The summed E-state index contributed by atoms with van der Waals surface area (Å²) < 4.78 is 5.01. The molecule has 8 heteroatoms. The average Bonchev–Trinajstić information content (AvgIpc) is 3.15. The van der Waals surface area contributed by atoms with Gasteiger partial charge in [-0.15, -0.1) is 0 Å². The van der Waals surface area contributed by atoms with E-state index in [1.807, 2.05) is 30.3 Å². The zero-order chi connectivity index (χ0) is 21.7. The number of halogens is 1. The Kier molecular flexibility index (Phi) is 6.52. The Morgan fingerprint density at radius 2 is 1.77 bits per heavy atom. The molecule has 1 aromatic heterocycles. The summed E-state index contributed by atoms with van der Waals surface area (Å²) in [7, 11) is 0. The maximum Gasteiger partial charge on any atom is 0.253 e. The lowest BCUT2D eigenvalue weighted by Gasteiger charge is -2.25. The largest absolute Gasteiger partial charge is 0.345 e. The number of nitrogens with one attached hydrogen (secondary N) is 2. The van der Waals surface area contributed by atoms with Gasteiger partial charge in [-0.2, -0.15) is 4.98 Å². The lowest BCUT2D eigenvalue weighted by Crippen LogP contribution is -2.43. The first-order valence-corrected chi connectivity index (χ1v) is 9.86. The molecular weight excluding hydrogens is 404 g/mol. The van der Waals surface area contributed by atoms with Crippen molar-refractivity contribution in [3.05, 3.63) is 82.5 Å². The third kappa shape index (κ3) is 5.24. The van der Waals surface area contributed by atoms with Gasteiger partial charge in [0.2, 0.25) is 11.8 Å². The van der Waals surface area contributed by atoms with Gasteiger partial charge in [-0.05, 0) is 31.5 Å². The summed E-state index contributed by atoms with van der Waals surface area (Å²) in [5, 5.41) is 10.1. The third-order valence-corrected chi connectivity index (χ3v) is 4.88. The number of aromatic nitrogens is 2. The molecule has 30 heavy (non-hydrogen) atoms. The minimum atomic E-state index is -0.831. The molecule has 3 aromatic rings. The molecule has 2 aromatic carbocycles. The van der Waals surface area contributed by atoms with Crippen LogP contribution < -0.4 is 10.6 Å². The Labute approximate surface area is 179 Å². The number of hydrogen-bond donors (Lipinski definition) is 2. The van der Waals surface area contributed by atoms with Crippen molar-refractivity contribution in [1.29, 1.82) is 0 Å². The summed E-state index contributed by atoms with van der Waals surface area (Å²) in [4.78, 5) is 29.8.